The van der Waals surface area contributed by atoms with Gasteiger partial charge in [-0.15, -0.1) is 13.2 Å². The Kier molecular flexibility index (Phi) is 6.89. The Morgan fingerprint density at radius 3 is 2.26 bits per heavy atom. The smallest absolute Gasteiger partial charge is 0.480 e. The number of alkyl halides is 3. The number of esters is 1. The molecule has 0 amide bonds. The van der Waals surface area contributed by atoms with E-state index >= 15 is 0 Å². The Hall–Kier alpha value is -2.27. The monoisotopic (exact) mass is 412 g/mol. The van der Waals surface area contributed by atoms with Crippen molar-refractivity contribution in [2.75, 3.05) is 12.4 Å². The molecule has 0 bridgehead atoms. The molecule has 152 valence electrons. The molecule has 1 rings (SSSR count). The van der Waals surface area contributed by atoms with Gasteiger partial charge in [-0.1, -0.05) is 6.58 Å². The predicted octanol–water partition coefficient (Wildman–Crippen LogP) is 3.36. The number of carbonyl (C=O) groups is 1. The number of ether oxygens (including phenoxy) is 3. The first-order valence-corrected chi connectivity index (χ1v) is 9.09. The lowest BCUT2D eigenvalue weighted by atomic mass is 10.0. The molecule has 0 spiro atoms. The lowest BCUT2D eigenvalue weighted by molar-refractivity contribution is -0.275. The average Bonchev–Trinajstić information content (AvgIpc) is 2.45. The van der Waals surface area contributed by atoms with Gasteiger partial charge in [0.2, 0.25) is 0 Å². The molecule has 0 aromatic heterocycles. The van der Waals surface area contributed by atoms with Gasteiger partial charge in [0.05, 0.1) is 5.56 Å². The number of carbonyl (C=O) groups excluding carboxylic acids is 1. The fraction of sp³-hybridized carbons (Fsp3) is 0.438. The molecule has 0 saturated heterocycles. The maximum absolute atomic E-state index is 12.6. The van der Waals surface area contributed by atoms with Crippen molar-refractivity contribution in [1.29, 1.82) is 0 Å². The fourth-order valence-corrected chi connectivity index (χ4v) is 1.90. The lowest BCUT2D eigenvalue weighted by Crippen LogP contribution is -2.30. The summed E-state index contributed by atoms with van der Waals surface area (Å²) in [6, 6.07) is 2.84. The SMILES string of the molecule is C=C(C)C(C)(C)Oc1cc(C(=O)OCCS(=O)(=O)O)ccc1OC(F)(F)F. The van der Waals surface area contributed by atoms with E-state index in [1.54, 1.807) is 20.8 Å². The van der Waals surface area contributed by atoms with Crippen LogP contribution >= 0.6 is 0 Å². The van der Waals surface area contributed by atoms with E-state index < -0.39 is 46.2 Å². The zero-order chi connectivity index (χ0) is 21.0. The van der Waals surface area contributed by atoms with Crippen molar-refractivity contribution in [2.24, 2.45) is 0 Å². The quantitative estimate of drug-likeness (QED) is 0.397. The number of halogens is 3. The molecule has 1 aromatic carbocycles. The summed E-state index contributed by atoms with van der Waals surface area (Å²) in [4.78, 5) is 11.9. The summed E-state index contributed by atoms with van der Waals surface area (Å²) >= 11 is 0. The minimum Gasteiger partial charge on any atom is -0.480 e. The van der Waals surface area contributed by atoms with Crippen LogP contribution in [0.5, 0.6) is 11.5 Å². The van der Waals surface area contributed by atoms with Gasteiger partial charge in [-0.25, -0.2) is 4.79 Å². The molecule has 0 atom stereocenters. The standard InChI is InChI=1S/C16H19F3O7S/c1-10(2)15(3,4)25-13-9-11(5-6-12(13)26-16(17,18)19)14(20)24-7-8-27(21,22)23/h5-6,9H,1,7-8H2,2-4H3,(H,21,22,23). The summed E-state index contributed by atoms with van der Waals surface area (Å²) < 4.78 is 81.7. The van der Waals surface area contributed by atoms with Crippen molar-refractivity contribution in [1.82, 2.24) is 0 Å². The highest BCUT2D eigenvalue weighted by Gasteiger charge is 2.34. The van der Waals surface area contributed by atoms with Crippen LogP contribution in [0.25, 0.3) is 0 Å². The lowest BCUT2D eigenvalue weighted by Gasteiger charge is -2.28. The van der Waals surface area contributed by atoms with E-state index in [4.69, 9.17) is 9.29 Å². The van der Waals surface area contributed by atoms with Gasteiger partial charge in [-0.3, -0.25) is 4.55 Å². The topological polar surface area (TPSA) is 99.1 Å². The van der Waals surface area contributed by atoms with Gasteiger partial charge in [0.15, 0.2) is 11.5 Å². The summed E-state index contributed by atoms with van der Waals surface area (Å²) in [5, 5.41) is 0. The largest absolute Gasteiger partial charge is 0.573 e. The van der Waals surface area contributed by atoms with E-state index in [0.717, 1.165) is 18.2 Å². The summed E-state index contributed by atoms with van der Waals surface area (Å²) in [5.41, 5.74) is -0.772. The molecule has 0 fully saturated rings. The first-order chi connectivity index (χ1) is 12.1. The van der Waals surface area contributed by atoms with Crippen LogP contribution in [0, 0.1) is 0 Å². The van der Waals surface area contributed by atoms with E-state index in [1.807, 2.05) is 0 Å². The highest BCUT2D eigenvalue weighted by Crippen LogP contribution is 2.36. The average molecular weight is 412 g/mol. The van der Waals surface area contributed by atoms with E-state index in [1.165, 1.54) is 0 Å². The van der Waals surface area contributed by atoms with Gasteiger partial charge in [0, 0.05) is 0 Å². The molecule has 0 unspecified atom stereocenters. The number of benzene rings is 1. The van der Waals surface area contributed by atoms with Gasteiger partial charge in [0.1, 0.15) is 18.0 Å². The Bertz CT molecular complexity index is 814. The van der Waals surface area contributed by atoms with E-state index in [9.17, 15) is 26.4 Å². The molecule has 0 saturated carbocycles. The van der Waals surface area contributed by atoms with Gasteiger partial charge in [-0.05, 0) is 44.5 Å². The first kappa shape index (κ1) is 22.8. The van der Waals surface area contributed by atoms with Crippen LogP contribution in [0.3, 0.4) is 0 Å². The van der Waals surface area contributed by atoms with Gasteiger partial charge < -0.3 is 14.2 Å². The maximum atomic E-state index is 12.6. The molecule has 27 heavy (non-hydrogen) atoms. The van der Waals surface area contributed by atoms with Crippen LogP contribution in [-0.4, -0.2) is 43.3 Å². The third-order valence-electron chi connectivity index (χ3n) is 3.37. The zero-order valence-electron chi connectivity index (χ0n) is 14.8. The van der Waals surface area contributed by atoms with Crippen LogP contribution in [0.15, 0.2) is 30.4 Å². The first-order valence-electron chi connectivity index (χ1n) is 7.48. The molecule has 0 aliphatic carbocycles. The van der Waals surface area contributed by atoms with Gasteiger partial charge in [0.25, 0.3) is 10.1 Å². The molecule has 0 aliphatic rings. The molecular formula is C16H19F3O7S. The molecule has 7 nitrogen and oxygen atoms in total. The maximum Gasteiger partial charge on any atom is 0.573 e. The second kappa shape index (κ2) is 8.17. The van der Waals surface area contributed by atoms with Crippen molar-refractivity contribution in [3.8, 4) is 11.5 Å². The van der Waals surface area contributed by atoms with Gasteiger partial charge in [-0.2, -0.15) is 8.42 Å². The highest BCUT2D eigenvalue weighted by atomic mass is 32.2. The van der Waals surface area contributed by atoms with Crippen LogP contribution in [0.4, 0.5) is 13.2 Å². The second-order valence-electron chi connectivity index (χ2n) is 6.02. The Morgan fingerprint density at radius 2 is 1.78 bits per heavy atom. The van der Waals surface area contributed by atoms with Gasteiger partial charge >= 0.3 is 12.3 Å². The van der Waals surface area contributed by atoms with Crippen molar-refractivity contribution in [3.63, 3.8) is 0 Å². The second-order valence-corrected chi connectivity index (χ2v) is 7.60. The zero-order valence-corrected chi connectivity index (χ0v) is 15.6. The molecule has 0 heterocycles. The summed E-state index contributed by atoms with van der Waals surface area (Å²) in [6.45, 7) is 7.78. The normalized spacial score (nSPS) is 12.4. The van der Waals surface area contributed by atoms with Crippen LogP contribution in [0.1, 0.15) is 31.1 Å². The molecule has 0 aliphatic heterocycles. The van der Waals surface area contributed by atoms with Crippen LogP contribution in [-0.2, 0) is 14.9 Å². The predicted molar refractivity (Wildman–Crippen MR) is 89.3 cm³/mol. The van der Waals surface area contributed by atoms with Crippen LogP contribution < -0.4 is 9.47 Å². The summed E-state index contributed by atoms with van der Waals surface area (Å²) in [6.07, 6.45) is -4.98. The molecule has 0 radical (unpaired) electrons. The molecular weight excluding hydrogens is 393 g/mol. The molecule has 1 aromatic rings. The van der Waals surface area contributed by atoms with Crippen LogP contribution in [0.2, 0.25) is 0 Å². The third-order valence-corrected chi connectivity index (χ3v) is 4.06. The Balaban J connectivity index is 3.13. The number of hydrogen-bond acceptors (Lipinski definition) is 6. The fourth-order valence-electron chi connectivity index (χ4n) is 1.61. The minimum atomic E-state index is -4.98. The van der Waals surface area contributed by atoms with E-state index in [-0.39, 0.29) is 11.3 Å². The third kappa shape index (κ3) is 7.87. The highest BCUT2D eigenvalue weighted by molar-refractivity contribution is 7.85. The molecule has 1 N–H and O–H groups in total. The number of hydrogen-bond donors (Lipinski definition) is 1. The summed E-state index contributed by atoms with van der Waals surface area (Å²) in [5.74, 6) is -2.90. The van der Waals surface area contributed by atoms with E-state index in [2.05, 4.69) is 16.1 Å². The minimum absolute atomic E-state index is 0.202. The molecule has 11 heteroatoms. The van der Waals surface area contributed by atoms with Crippen molar-refractivity contribution in [2.45, 2.75) is 32.7 Å². The van der Waals surface area contributed by atoms with E-state index in [0.29, 0.717) is 5.57 Å². The number of rotatable bonds is 8. The Labute approximate surface area is 154 Å². The van der Waals surface area contributed by atoms with Crippen molar-refractivity contribution in [3.05, 3.63) is 35.9 Å². The van der Waals surface area contributed by atoms with Crippen molar-refractivity contribution < 1.29 is 45.1 Å². The Morgan fingerprint density at radius 1 is 1.19 bits per heavy atom. The summed E-state index contributed by atoms with van der Waals surface area (Å²) in [7, 11) is -4.33. The van der Waals surface area contributed by atoms with Crippen molar-refractivity contribution >= 4 is 16.1 Å².